The summed E-state index contributed by atoms with van der Waals surface area (Å²) in [6, 6.07) is 1.90. The van der Waals surface area contributed by atoms with Crippen molar-refractivity contribution in [2.75, 3.05) is 6.67 Å². The van der Waals surface area contributed by atoms with Crippen LogP contribution >= 0.6 is 12.4 Å². The predicted octanol–water partition coefficient (Wildman–Crippen LogP) is 1.61. The van der Waals surface area contributed by atoms with Crippen molar-refractivity contribution in [2.45, 2.75) is 26.6 Å². The lowest BCUT2D eigenvalue weighted by Crippen LogP contribution is -2.14. The Balaban J connectivity index is 0.00000180. The van der Waals surface area contributed by atoms with E-state index in [4.69, 9.17) is 0 Å². The van der Waals surface area contributed by atoms with Crippen molar-refractivity contribution in [3.8, 4) is 0 Å². The van der Waals surface area contributed by atoms with Crippen LogP contribution in [0.25, 0.3) is 0 Å². The van der Waals surface area contributed by atoms with Gasteiger partial charge in [-0.05, 0) is 13.0 Å². The maximum Gasteiger partial charge on any atom is 0.109 e. The largest absolute Gasteiger partial charge is 0.307 e. The van der Waals surface area contributed by atoms with Crippen molar-refractivity contribution in [1.29, 1.82) is 0 Å². The van der Waals surface area contributed by atoms with Crippen molar-refractivity contribution in [1.82, 2.24) is 24.9 Å². The molecule has 0 bridgehead atoms. The fourth-order valence-electron chi connectivity index (χ4n) is 1.75. The molecule has 106 valence electrons. The summed E-state index contributed by atoms with van der Waals surface area (Å²) in [4.78, 5) is 0. The number of hydrogen-bond acceptors (Lipinski definition) is 3. The molecule has 0 spiro atoms. The number of alkyl halides is 1. The topological polar surface area (TPSA) is 47.7 Å². The maximum atomic E-state index is 12.1. The summed E-state index contributed by atoms with van der Waals surface area (Å²) in [6.45, 7) is 3.41. The second-order valence-corrected chi connectivity index (χ2v) is 4.24. The van der Waals surface area contributed by atoms with Crippen LogP contribution in [0.3, 0.4) is 0 Å². The minimum Gasteiger partial charge on any atom is -0.307 e. The highest BCUT2D eigenvalue weighted by atomic mass is 35.5. The first-order valence-electron chi connectivity index (χ1n) is 5.97. The van der Waals surface area contributed by atoms with Crippen LogP contribution in [0.1, 0.15) is 17.0 Å². The van der Waals surface area contributed by atoms with Crippen molar-refractivity contribution < 1.29 is 4.39 Å². The number of rotatable bonds is 6. The first-order chi connectivity index (χ1) is 8.70. The molecule has 2 heterocycles. The van der Waals surface area contributed by atoms with E-state index in [2.05, 4.69) is 15.5 Å². The highest BCUT2D eigenvalue weighted by molar-refractivity contribution is 5.85. The van der Waals surface area contributed by atoms with Gasteiger partial charge >= 0.3 is 0 Å². The molecule has 2 rings (SSSR count). The third-order valence-corrected chi connectivity index (χ3v) is 2.97. The molecule has 0 aromatic carbocycles. The SMILES string of the molecule is Cc1c(CNCc2ccn(CCF)n2)cnn1C.Cl. The van der Waals surface area contributed by atoms with Gasteiger partial charge in [-0.15, -0.1) is 12.4 Å². The molecule has 0 saturated heterocycles. The van der Waals surface area contributed by atoms with Crippen LogP contribution in [0.5, 0.6) is 0 Å². The Labute approximate surface area is 118 Å². The van der Waals surface area contributed by atoms with Crippen molar-refractivity contribution in [2.24, 2.45) is 7.05 Å². The number of aryl methyl sites for hydroxylation is 2. The second-order valence-electron chi connectivity index (χ2n) is 4.24. The van der Waals surface area contributed by atoms with Crippen LogP contribution in [0, 0.1) is 6.92 Å². The zero-order valence-electron chi connectivity index (χ0n) is 11.1. The van der Waals surface area contributed by atoms with Crippen LogP contribution < -0.4 is 5.32 Å². The Morgan fingerprint density at radius 1 is 1.37 bits per heavy atom. The quantitative estimate of drug-likeness (QED) is 0.878. The molecule has 1 N–H and O–H groups in total. The van der Waals surface area contributed by atoms with Gasteiger partial charge in [0.05, 0.1) is 18.4 Å². The van der Waals surface area contributed by atoms with Crippen LogP contribution in [0.15, 0.2) is 18.5 Å². The van der Waals surface area contributed by atoms with Gasteiger partial charge in [-0.25, -0.2) is 4.39 Å². The van der Waals surface area contributed by atoms with Crippen molar-refractivity contribution >= 4 is 12.4 Å². The fourth-order valence-corrected chi connectivity index (χ4v) is 1.75. The van der Waals surface area contributed by atoms with E-state index in [1.165, 1.54) is 5.56 Å². The molecule has 0 aliphatic heterocycles. The highest BCUT2D eigenvalue weighted by Crippen LogP contribution is 2.05. The zero-order chi connectivity index (χ0) is 13.0. The molecule has 0 aliphatic rings. The number of nitrogens with one attached hydrogen (secondary N) is 1. The lowest BCUT2D eigenvalue weighted by atomic mass is 10.2. The van der Waals surface area contributed by atoms with E-state index in [-0.39, 0.29) is 19.1 Å². The van der Waals surface area contributed by atoms with Crippen LogP contribution in [0.4, 0.5) is 4.39 Å². The summed E-state index contributed by atoms with van der Waals surface area (Å²) in [5.74, 6) is 0. The van der Waals surface area contributed by atoms with Crippen LogP contribution in [-0.4, -0.2) is 26.2 Å². The maximum absolute atomic E-state index is 12.1. The summed E-state index contributed by atoms with van der Waals surface area (Å²) >= 11 is 0. The van der Waals surface area contributed by atoms with Crippen LogP contribution in [0.2, 0.25) is 0 Å². The minimum atomic E-state index is -0.385. The van der Waals surface area contributed by atoms with Gasteiger partial charge in [0, 0.05) is 37.6 Å². The van der Waals surface area contributed by atoms with Crippen molar-refractivity contribution in [3.63, 3.8) is 0 Å². The van der Waals surface area contributed by atoms with Gasteiger partial charge in [0.1, 0.15) is 6.67 Å². The van der Waals surface area contributed by atoms with Gasteiger partial charge in [-0.2, -0.15) is 10.2 Å². The molecule has 0 saturated carbocycles. The molecule has 5 nitrogen and oxygen atoms in total. The van der Waals surface area contributed by atoms with E-state index in [1.54, 1.807) is 10.9 Å². The summed E-state index contributed by atoms with van der Waals surface area (Å²) in [6.07, 6.45) is 3.66. The normalized spacial score (nSPS) is 10.5. The van der Waals surface area contributed by atoms with E-state index in [0.29, 0.717) is 13.1 Å². The summed E-state index contributed by atoms with van der Waals surface area (Å²) in [5.41, 5.74) is 3.26. The molecule has 0 radical (unpaired) electrons. The van der Waals surface area contributed by atoms with Gasteiger partial charge in [0.15, 0.2) is 0 Å². The smallest absolute Gasteiger partial charge is 0.109 e. The molecule has 0 atom stereocenters. The Hall–Kier alpha value is -1.40. The number of hydrogen-bond donors (Lipinski definition) is 1. The molecule has 2 aromatic rings. The summed E-state index contributed by atoms with van der Waals surface area (Å²) < 4.78 is 15.6. The molecule has 0 amide bonds. The number of halogens is 2. The van der Waals surface area contributed by atoms with Gasteiger partial charge in [0.2, 0.25) is 0 Å². The third-order valence-electron chi connectivity index (χ3n) is 2.97. The zero-order valence-corrected chi connectivity index (χ0v) is 12.0. The molecular formula is C12H19ClFN5. The van der Waals surface area contributed by atoms with E-state index in [1.807, 2.05) is 30.9 Å². The minimum absolute atomic E-state index is 0. The fraction of sp³-hybridized carbons (Fsp3) is 0.500. The average Bonchev–Trinajstić information content (AvgIpc) is 2.91. The highest BCUT2D eigenvalue weighted by Gasteiger charge is 2.03. The van der Waals surface area contributed by atoms with Gasteiger partial charge in [-0.3, -0.25) is 9.36 Å². The standard InChI is InChI=1S/C12H18FN5.ClH/c1-10-11(8-15-17(10)2)7-14-9-12-3-5-18(16-12)6-4-13;/h3,5,8,14H,4,6-7,9H2,1-2H3;1H. The Bertz CT molecular complexity index is 508. The first kappa shape index (κ1) is 15.7. The molecule has 19 heavy (non-hydrogen) atoms. The molecule has 2 aromatic heterocycles. The Kier molecular flexibility index (Phi) is 5.98. The second kappa shape index (κ2) is 7.25. The van der Waals surface area contributed by atoms with E-state index in [9.17, 15) is 4.39 Å². The number of nitrogens with zero attached hydrogens (tertiary/aromatic N) is 4. The molecule has 0 aliphatic carbocycles. The van der Waals surface area contributed by atoms with Crippen LogP contribution in [-0.2, 0) is 26.7 Å². The van der Waals surface area contributed by atoms with Crippen molar-refractivity contribution in [3.05, 3.63) is 35.4 Å². The molecule has 0 fully saturated rings. The molecular weight excluding hydrogens is 269 g/mol. The lowest BCUT2D eigenvalue weighted by molar-refractivity contribution is 0.425. The van der Waals surface area contributed by atoms with Gasteiger partial charge < -0.3 is 5.32 Å². The predicted molar refractivity (Wildman–Crippen MR) is 73.9 cm³/mol. The lowest BCUT2D eigenvalue weighted by Gasteiger charge is -2.02. The third kappa shape index (κ3) is 4.04. The molecule has 0 unspecified atom stereocenters. The Morgan fingerprint density at radius 2 is 2.16 bits per heavy atom. The summed E-state index contributed by atoms with van der Waals surface area (Å²) in [5, 5.41) is 11.7. The van der Waals surface area contributed by atoms with Gasteiger partial charge in [0.25, 0.3) is 0 Å². The van der Waals surface area contributed by atoms with E-state index >= 15 is 0 Å². The molecule has 7 heteroatoms. The van der Waals surface area contributed by atoms with Gasteiger partial charge in [-0.1, -0.05) is 0 Å². The van der Waals surface area contributed by atoms with E-state index in [0.717, 1.165) is 17.9 Å². The summed E-state index contributed by atoms with van der Waals surface area (Å²) in [7, 11) is 1.93. The average molecular weight is 288 g/mol. The number of aromatic nitrogens is 4. The monoisotopic (exact) mass is 287 g/mol. The first-order valence-corrected chi connectivity index (χ1v) is 5.97. The van der Waals surface area contributed by atoms with E-state index < -0.39 is 0 Å². The Morgan fingerprint density at radius 3 is 2.79 bits per heavy atom.